The smallest absolute Gasteiger partial charge is 0.335 e. The molecule has 3 N–H and O–H groups in total. The molecule has 1 aliphatic heterocycles. The van der Waals surface area contributed by atoms with Gasteiger partial charge in [0, 0.05) is 12.2 Å². The first-order valence-electron chi connectivity index (χ1n) is 6.63. The highest BCUT2D eigenvalue weighted by Crippen LogP contribution is 2.18. The lowest BCUT2D eigenvalue weighted by Crippen LogP contribution is -2.47. The number of aliphatic hydroxyl groups excluding tert-OH is 1. The average Bonchev–Trinajstić information content (AvgIpc) is 2.47. The van der Waals surface area contributed by atoms with Gasteiger partial charge in [-0.3, -0.25) is 0 Å². The molecule has 1 atom stereocenters. The van der Waals surface area contributed by atoms with Crippen molar-refractivity contribution in [3.05, 3.63) is 29.8 Å². The summed E-state index contributed by atoms with van der Waals surface area (Å²) in [6, 6.07) is 5.65. The summed E-state index contributed by atoms with van der Waals surface area (Å²) in [5, 5.41) is 20.9. The number of carboxylic acids is 1. The molecule has 1 heterocycles. The molecule has 2 amide bonds. The minimum Gasteiger partial charge on any atom is -0.478 e. The Hall–Kier alpha value is -2.08. The van der Waals surface area contributed by atoms with Crippen LogP contribution in [0.5, 0.6) is 0 Å². The van der Waals surface area contributed by atoms with Crippen molar-refractivity contribution in [3.8, 4) is 0 Å². The van der Waals surface area contributed by atoms with Crippen LogP contribution in [0.4, 0.5) is 10.5 Å². The third-order valence-electron chi connectivity index (χ3n) is 3.46. The van der Waals surface area contributed by atoms with Crippen LogP contribution in [0.25, 0.3) is 0 Å². The first-order valence-corrected chi connectivity index (χ1v) is 6.63. The molecule has 6 heteroatoms. The molecule has 1 saturated heterocycles. The van der Waals surface area contributed by atoms with Crippen molar-refractivity contribution in [1.29, 1.82) is 0 Å². The number of nitrogens with one attached hydrogen (secondary N) is 1. The van der Waals surface area contributed by atoms with Gasteiger partial charge in [0.2, 0.25) is 0 Å². The molecule has 0 aromatic heterocycles. The molecule has 0 spiro atoms. The molecular formula is C14H18N2O4. The van der Waals surface area contributed by atoms with Crippen LogP contribution in [0, 0.1) is 0 Å². The van der Waals surface area contributed by atoms with E-state index in [0.29, 0.717) is 12.2 Å². The fourth-order valence-corrected chi connectivity index (χ4v) is 2.38. The van der Waals surface area contributed by atoms with Crippen LogP contribution in [-0.4, -0.2) is 46.3 Å². The van der Waals surface area contributed by atoms with Crippen LogP contribution in [0.1, 0.15) is 29.6 Å². The number of rotatable bonds is 3. The molecule has 1 aromatic carbocycles. The second-order valence-corrected chi connectivity index (χ2v) is 4.84. The van der Waals surface area contributed by atoms with Gasteiger partial charge in [0.15, 0.2) is 0 Å². The van der Waals surface area contributed by atoms with Gasteiger partial charge in [-0.1, -0.05) is 6.07 Å². The summed E-state index contributed by atoms with van der Waals surface area (Å²) in [6.45, 7) is 0.554. The zero-order valence-corrected chi connectivity index (χ0v) is 11.1. The number of likely N-dealkylation sites (tertiary alicyclic amines) is 1. The average molecular weight is 278 g/mol. The third kappa shape index (κ3) is 3.27. The van der Waals surface area contributed by atoms with E-state index in [0.717, 1.165) is 19.3 Å². The summed E-state index contributed by atoms with van der Waals surface area (Å²) >= 11 is 0. The van der Waals surface area contributed by atoms with Gasteiger partial charge < -0.3 is 20.4 Å². The van der Waals surface area contributed by atoms with Crippen LogP contribution in [0.3, 0.4) is 0 Å². The van der Waals surface area contributed by atoms with Crippen molar-refractivity contribution in [2.75, 3.05) is 18.5 Å². The minimum atomic E-state index is -1.03. The standard InChI is InChI=1S/C14H18N2O4/c17-9-12-6-1-2-7-16(12)14(20)15-11-5-3-4-10(8-11)13(18)19/h3-5,8,12,17H,1-2,6-7,9H2,(H,15,20)(H,18,19). The Bertz CT molecular complexity index is 504. The Morgan fingerprint density at radius 2 is 2.15 bits per heavy atom. The topological polar surface area (TPSA) is 89.9 Å². The second-order valence-electron chi connectivity index (χ2n) is 4.84. The van der Waals surface area contributed by atoms with E-state index in [1.165, 1.54) is 12.1 Å². The number of anilines is 1. The van der Waals surface area contributed by atoms with E-state index in [1.807, 2.05) is 0 Å². The highest BCUT2D eigenvalue weighted by Gasteiger charge is 2.26. The van der Waals surface area contributed by atoms with Crippen molar-refractivity contribution < 1.29 is 19.8 Å². The second kappa shape index (κ2) is 6.38. The first kappa shape index (κ1) is 14.3. The highest BCUT2D eigenvalue weighted by molar-refractivity contribution is 5.93. The van der Waals surface area contributed by atoms with E-state index >= 15 is 0 Å². The Morgan fingerprint density at radius 1 is 1.35 bits per heavy atom. The Labute approximate surface area is 117 Å². The van der Waals surface area contributed by atoms with Gasteiger partial charge in [0.25, 0.3) is 0 Å². The predicted molar refractivity (Wildman–Crippen MR) is 73.9 cm³/mol. The molecule has 0 saturated carbocycles. The molecule has 0 bridgehead atoms. The lowest BCUT2D eigenvalue weighted by molar-refractivity contribution is 0.0697. The fourth-order valence-electron chi connectivity index (χ4n) is 2.38. The van der Waals surface area contributed by atoms with Gasteiger partial charge in [-0.2, -0.15) is 0 Å². The maximum absolute atomic E-state index is 12.2. The van der Waals surface area contributed by atoms with E-state index < -0.39 is 5.97 Å². The van der Waals surface area contributed by atoms with Gasteiger partial charge in [0.1, 0.15) is 0 Å². The Balaban J connectivity index is 2.06. The number of benzene rings is 1. The summed E-state index contributed by atoms with van der Waals surface area (Å²) in [7, 11) is 0. The number of nitrogens with zero attached hydrogens (tertiary/aromatic N) is 1. The molecular weight excluding hydrogens is 260 g/mol. The summed E-state index contributed by atoms with van der Waals surface area (Å²) in [5.74, 6) is -1.03. The van der Waals surface area contributed by atoms with Crippen LogP contribution in [0.2, 0.25) is 0 Å². The zero-order valence-electron chi connectivity index (χ0n) is 11.1. The van der Waals surface area contributed by atoms with E-state index in [9.17, 15) is 14.7 Å². The number of hydrogen-bond donors (Lipinski definition) is 3. The normalized spacial score (nSPS) is 18.6. The number of aliphatic hydroxyl groups is 1. The molecule has 20 heavy (non-hydrogen) atoms. The number of piperidine rings is 1. The molecule has 0 radical (unpaired) electrons. The first-order chi connectivity index (χ1) is 9.61. The van der Waals surface area contributed by atoms with Gasteiger partial charge in [0.05, 0.1) is 18.2 Å². The number of hydrogen-bond acceptors (Lipinski definition) is 3. The quantitative estimate of drug-likeness (QED) is 0.786. The van der Waals surface area contributed by atoms with Crippen molar-refractivity contribution in [2.24, 2.45) is 0 Å². The molecule has 1 aromatic rings. The fraction of sp³-hybridized carbons (Fsp3) is 0.429. The largest absolute Gasteiger partial charge is 0.478 e. The number of carboxylic acid groups (broad SMARTS) is 1. The predicted octanol–water partition coefficient (Wildman–Crippen LogP) is 1.76. The van der Waals surface area contributed by atoms with Gasteiger partial charge >= 0.3 is 12.0 Å². The van der Waals surface area contributed by atoms with Crippen LogP contribution >= 0.6 is 0 Å². The molecule has 108 valence electrons. The lowest BCUT2D eigenvalue weighted by atomic mass is 10.0. The maximum atomic E-state index is 12.2. The monoisotopic (exact) mass is 278 g/mol. The SMILES string of the molecule is O=C(O)c1cccc(NC(=O)N2CCCCC2CO)c1. The third-order valence-corrected chi connectivity index (χ3v) is 3.46. The molecule has 0 aliphatic carbocycles. The van der Waals surface area contributed by atoms with Crippen LogP contribution in [0.15, 0.2) is 24.3 Å². The van der Waals surface area contributed by atoms with E-state index in [2.05, 4.69) is 5.32 Å². The zero-order chi connectivity index (χ0) is 14.5. The number of aromatic carboxylic acids is 1. The van der Waals surface area contributed by atoms with Crippen molar-refractivity contribution in [3.63, 3.8) is 0 Å². The van der Waals surface area contributed by atoms with Crippen LogP contribution in [-0.2, 0) is 0 Å². The van der Waals surface area contributed by atoms with Gasteiger partial charge in [-0.25, -0.2) is 9.59 Å². The Morgan fingerprint density at radius 3 is 2.85 bits per heavy atom. The summed E-state index contributed by atoms with van der Waals surface area (Å²) in [6.07, 6.45) is 2.71. The molecule has 1 unspecified atom stereocenters. The lowest BCUT2D eigenvalue weighted by Gasteiger charge is -2.34. The van der Waals surface area contributed by atoms with E-state index in [4.69, 9.17) is 5.11 Å². The van der Waals surface area contributed by atoms with Gasteiger partial charge in [-0.05, 0) is 37.5 Å². The summed E-state index contributed by atoms with van der Waals surface area (Å²) in [5.41, 5.74) is 0.567. The molecule has 1 fully saturated rings. The Kier molecular flexibility index (Phi) is 4.57. The van der Waals surface area contributed by atoms with Crippen molar-refractivity contribution in [2.45, 2.75) is 25.3 Å². The number of amides is 2. The van der Waals surface area contributed by atoms with Crippen molar-refractivity contribution in [1.82, 2.24) is 4.90 Å². The number of carbonyl (C=O) groups excluding carboxylic acids is 1. The van der Waals surface area contributed by atoms with E-state index in [1.54, 1.807) is 17.0 Å². The molecule has 1 aliphatic rings. The minimum absolute atomic E-state index is 0.0530. The molecule has 6 nitrogen and oxygen atoms in total. The van der Waals surface area contributed by atoms with Gasteiger partial charge in [-0.15, -0.1) is 0 Å². The number of carbonyl (C=O) groups is 2. The summed E-state index contributed by atoms with van der Waals surface area (Å²) in [4.78, 5) is 24.7. The van der Waals surface area contributed by atoms with Crippen molar-refractivity contribution >= 4 is 17.7 Å². The highest BCUT2D eigenvalue weighted by atomic mass is 16.4. The number of urea groups is 1. The van der Waals surface area contributed by atoms with E-state index in [-0.39, 0.29) is 24.2 Å². The van der Waals surface area contributed by atoms with Crippen LogP contribution < -0.4 is 5.32 Å². The molecule has 2 rings (SSSR count). The summed E-state index contributed by atoms with van der Waals surface area (Å²) < 4.78 is 0. The maximum Gasteiger partial charge on any atom is 0.335 e.